The van der Waals surface area contributed by atoms with E-state index >= 15 is 0 Å². The van der Waals surface area contributed by atoms with Gasteiger partial charge in [0, 0.05) is 18.3 Å². The summed E-state index contributed by atoms with van der Waals surface area (Å²) in [4.78, 5) is 11.0. The number of methoxy groups -OCH3 is 1. The van der Waals surface area contributed by atoms with Gasteiger partial charge in [-0.25, -0.2) is 0 Å². The van der Waals surface area contributed by atoms with Gasteiger partial charge in [-0.2, -0.15) is 5.10 Å². The molecule has 2 N–H and O–H groups in total. The molecule has 0 fully saturated rings. The Morgan fingerprint density at radius 2 is 2.06 bits per heavy atom. The number of aliphatic hydroxyl groups is 2. The van der Waals surface area contributed by atoms with Crippen molar-refractivity contribution in [2.24, 2.45) is 7.05 Å². The molecule has 0 bridgehead atoms. The second-order valence-corrected chi connectivity index (χ2v) is 4.00. The first-order valence-electron chi connectivity index (χ1n) is 5.31. The van der Waals surface area contributed by atoms with Gasteiger partial charge in [-0.05, 0) is 13.8 Å². The van der Waals surface area contributed by atoms with Crippen LogP contribution in [0.3, 0.4) is 0 Å². The standard InChI is InChI=1S/C11H18N2O4/c1-6-10(7(2)13(3)12-6)11(16)8(14)5-9(15)17-4/h8,11,14,16H,5H2,1-4H3. The van der Waals surface area contributed by atoms with Gasteiger partial charge in [-0.1, -0.05) is 0 Å². The molecule has 0 saturated carbocycles. The van der Waals surface area contributed by atoms with Crippen LogP contribution >= 0.6 is 0 Å². The van der Waals surface area contributed by atoms with Crippen LogP contribution in [0, 0.1) is 13.8 Å². The zero-order valence-corrected chi connectivity index (χ0v) is 10.5. The highest BCUT2D eigenvalue weighted by Gasteiger charge is 2.26. The number of nitrogens with zero attached hydrogens (tertiary/aromatic N) is 2. The number of aliphatic hydroxyl groups excluding tert-OH is 2. The molecule has 0 aromatic carbocycles. The lowest BCUT2D eigenvalue weighted by Crippen LogP contribution is -2.23. The van der Waals surface area contributed by atoms with Crippen molar-refractivity contribution < 1.29 is 19.7 Å². The van der Waals surface area contributed by atoms with Crippen LogP contribution in [0.4, 0.5) is 0 Å². The highest BCUT2D eigenvalue weighted by Crippen LogP contribution is 2.25. The van der Waals surface area contributed by atoms with E-state index < -0.39 is 18.2 Å². The van der Waals surface area contributed by atoms with Crippen molar-refractivity contribution in [3.05, 3.63) is 17.0 Å². The topological polar surface area (TPSA) is 84.6 Å². The van der Waals surface area contributed by atoms with Crippen molar-refractivity contribution >= 4 is 5.97 Å². The highest BCUT2D eigenvalue weighted by atomic mass is 16.5. The number of rotatable bonds is 4. The van der Waals surface area contributed by atoms with E-state index in [0.717, 1.165) is 5.69 Å². The summed E-state index contributed by atoms with van der Waals surface area (Å²) < 4.78 is 6.07. The Hall–Kier alpha value is -1.40. The van der Waals surface area contributed by atoms with Crippen LogP contribution in [0.1, 0.15) is 29.5 Å². The molecule has 96 valence electrons. The number of hydrogen-bond acceptors (Lipinski definition) is 5. The van der Waals surface area contributed by atoms with E-state index in [2.05, 4.69) is 9.84 Å². The maximum absolute atomic E-state index is 11.0. The third-order valence-corrected chi connectivity index (χ3v) is 2.83. The van der Waals surface area contributed by atoms with E-state index in [0.29, 0.717) is 11.3 Å². The molecular formula is C11H18N2O4. The zero-order chi connectivity index (χ0) is 13.2. The van der Waals surface area contributed by atoms with Gasteiger partial charge < -0.3 is 14.9 Å². The third-order valence-electron chi connectivity index (χ3n) is 2.83. The van der Waals surface area contributed by atoms with Gasteiger partial charge in [-0.15, -0.1) is 0 Å². The van der Waals surface area contributed by atoms with E-state index in [9.17, 15) is 15.0 Å². The molecule has 0 saturated heterocycles. The molecule has 17 heavy (non-hydrogen) atoms. The number of carbonyl (C=O) groups is 1. The first-order chi connectivity index (χ1) is 7.88. The molecule has 0 spiro atoms. The van der Waals surface area contributed by atoms with Crippen LogP contribution in [-0.4, -0.2) is 39.2 Å². The molecule has 1 aromatic rings. The maximum Gasteiger partial charge on any atom is 0.308 e. The van der Waals surface area contributed by atoms with Gasteiger partial charge in [0.1, 0.15) is 6.10 Å². The summed E-state index contributed by atoms with van der Waals surface area (Å²) in [6, 6.07) is 0. The molecule has 0 radical (unpaired) electrons. The van der Waals surface area contributed by atoms with E-state index in [1.165, 1.54) is 7.11 Å². The molecule has 0 aliphatic heterocycles. The van der Waals surface area contributed by atoms with Gasteiger partial charge in [0.25, 0.3) is 0 Å². The second kappa shape index (κ2) is 5.29. The van der Waals surface area contributed by atoms with Crippen molar-refractivity contribution in [2.45, 2.75) is 32.5 Å². The lowest BCUT2D eigenvalue weighted by atomic mass is 10.0. The number of aryl methyl sites for hydroxylation is 2. The monoisotopic (exact) mass is 242 g/mol. The van der Waals surface area contributed by atoms with Gasteiger partial charge in [0.15, 0.2) is 0 Å². The van der Waals surface area contributed by atoms with Crippen LogP contribution in [0.5, 0.6) is 0 Å². The van der Waals surface area contributed by atoms with Gasteiger partial charge >= 0.3 is 5.97 Å². The van der Waals surface area contributed by atoms with Gasteiger partial charge in [-0.3, -0.25) is 9.48 Å². The third kappa shape index (κ3) is 2.83. The minimum atomic E-state index is -1.19. The fourth-order valence-corrected chi connectivity index (χ4v) is 1.78. The Labute approximate surface area is 99.8 Å². The summed E-state index contributed by atoms with van der Waals surface area (Å²) in [6.45, 7) is 3.54. The fourth-order valence-electron chi connectivity index (χ4n) is 1.78. The molecule has 1 heterocycles. The van der Waals surface area contributed by atoms with Gasteiger partial charge in [0.05, 0.1) is 25.3 Å². The Morgan fingerprint density at radius 3 is 2.47 bits per heavy atom. The predicted octanol–water partition coefficient (Wildman–Crippen LogP) is -0.00566. The average Bonchev–Trinajstić information content (AvgIpc) is 2.52. The summed E-state index contributed by atoms with van der Waals surface area (Å²) >= 11 is 0. The summed E-state index contributed by atoms with van der Waals surface area (Å²) in [5, 5.41) is 23.9. The number of carbonyl (C=O) groups excluding carboxylic acids is 1. The van der Waals surface area contributed by atoms with Crippen molar-refractivity contribution in [1.29, 1.82) is 0 Å². The fraction of sp³-hybridized carbons (Fsp3) is 0.636. The molecule has 6 nitrogen and oxygen atoms in total. The molecule has 6 heteroatoms. The van der Waals surface area contributed by atoms with Crippen LogP contribution in [-0.2, 0) is 16.6 Å². The molecular weight excluding hydrogens is 224 g/mol. The number of ether oxygens (including phenoxy) is 1. The Balaban J connectivity index is 2.88. The minimum absolute atomic E-state index is 0.245. The van der Waals surface area contributed by atoms with E-state index in [1.807, 2.05) is 0 Å². The van der Waals surface area contributed by atoms with Crippen LogP contribution in [0.2, 0.25) is 0 Å². The lowest BCUT2D eigenvalue weighted by Gasteiger charge is -2.17. The van der Waals surface area contributed by atoms with Crippen molar-refractivity contribution in [1.82, 2.24) is 9.78 Å². The zero-order valence-electron chi connectivity index (χ0n) is 10.5. The normalized spacial score (nSPS) is 14.5. The van der Waals surface area contributed by atoms with Crippen molar-refractivity contribution in [3.8, 4) is 0 Å². The van der Waals surface area contributed by atoms with Crippen molar-refractivity contribution in [3.63, 3.8) is 0 Å². The van der Waals surface area contributed by atoms with Crippen LogP contribution in [0.25, 0.3) is 0 Å². The van der Waals surface area contributed by atoms with Crippen LogP contribution in [0.15, 0.2) is 0 Å². The van der Waals surface area contributed by atoms with E-state index in [4.69, 9.17) is 0 Å². The number of esters is 1. The molecule has 2 atom stereocenters. The minimum Gasteiger partial charge on any atom is -0.469 e. The smallest absolute Gasteiger partial charge is 0.308 e. The predicted molar refractivity (Wildman–Crippen MR) is 60.3 cm³/mol. The second-order valence-electron chi connectivity index (χ2n) is 4.00. The first-order valence-corrected chi connectivity index (χ1v) is 5.31. The Bertz CT molecular complexity index is 414. The SMILES string of the molecule is COC(=O)CC(O)C(O)c1c(C)nn(C)c1C. The average molecular weight is 242 g/mol. The maximum atomic E-state index is 11.0. The lowest BCUT2D eigenvalue weighted by molar-refractivity contribution is -0.144. The molecule has 0 amide bonds. The van der Waals surface area contributed by atoms with Gasteiger partial charge in [0.2, 0.25) is 0 Å². The van der Waals surface area contributed by atoms with E-state index in [1.54, 1.807) is 25.6 Å². The Morgan fingerprint density at radius 1 is 1.47 bits per heavy atom. The molecule has 1 rings (SSSR count). The molecule has 2 unspecified atom stereocenters. The summed E-state index contributed by atoms with van der Waals surface area (Å²) in [5.74, 6) is -0.559. The summed E-state index contributed by atoms with van der Waals surface area (Å²) in [5.41, 5.74) is 1.96. The quantitative estimate of drug-likeness (QED) is 0.726. The highest BCUT2D eigenvalue weighted by molar-refractivity contribution is 5.69. The summed E-state index contributed by atoms with van der Waals surface area (Å²) in [7, 11) is 2.99. The number of hydrogen-bond donors (Lipinski definition) is 2. The Kier molecular flexibility index (Phi) is 4.25. The molecule has 0 aliphatic carbocycles. The first kappa shape index (κ1) is 13.7. The molecule has 0 aliphatic rings. The summed E-state index contributed by atoms with van der Waals surface area (Å²) in [6.07, 6.45) is -2.57. The largest absolute Gasteiger partial charge is 0.469 e. The molecule has 1 aromatic heterocycles. The van der Waals surface area contributed by atoms with Crippen LogP contribution < -0.4 is 0 Å². The number of aromatic nitrogens is 2. The van der Waals surface area contributed by atoms with Crippen molar-refractivity contribution in [2.75, 3.05) is 7.11 Å². The van der Waals surface area contributed by atoms with E-state index in [-0.39, 0.29) is 6.42 Å².